The molecule has 2 aliphatic rings. The molecule has 2 aromatic carbocycles. The summed E-state index contributed by atoms with van der Waals surface area (Å²) in [6.07, 6.45) is 0. The Hall–Kier alpha value is -3.10. The second-order valence-electron chi connectivity index (χ2n) is 7.47. The minimum Gasteiger partial charge on any atom is -0.454 e. The number of nitrogens with one attached hydrogen (secondary N) is 3. The Morgan fingerprint density at radius 2 is 1.73 bits per heavy atom. The molecule has 0 radical (unpaired) electrons. The molecule has 1 atom stereocenters. The molecule has 2 heterocycles. The number of carbonyl (C=O) groups is 2. The molecule has 0 unspecified atom stereocenters. The average Bonchev–Trinajstić information content (AvgIpc) is 3.24. The molecule has 0 bridgehead atoms. The summed E-state index contributed by atoms with van der Waals surface area (Å²) < 4.78 is 16.4. The molecular weight excluding hydrogens is 386 g/mol. The molecule has 2 amide bonds. The number of ether oxygens (including phenoxy) is 3. The number of fused-ring (bicyclic) bond motifs is 1. The Morgan fingerprint density at radius 3 is 2.50 bits per heavy atom. The lowest BCUT2D eigenvalue weighted by molar-refractivity contribution is -0.937. The van der Waals surface area contributed by atoms with Crippen molar-refractivity contribution in [3.8, 4) is 11.5 Å². The minimum atomic E-state index is -0.680. The van der Waals surface area contributed by atoms with Gasteiger partial charge in [0.25, 0.3) is 0 Å². The Morgan fingerprint density at radius 1 is 1.00 bits per heavy atom. The highest BCUT2D eigenvalue weighted by Gasteiger charge is 2.29. The normalized spacial score (nSPS) is 16.7. The van der Waals surface area contributed by atoms with Crippen LogP contribution in [-0.4, -0.2) is 51.5 Å². The Bertz CT molecular complexity index is 909. The maximum Gasteiger partial charge on any atom is 0.313 e. The van der Waals surface area contributed by atoms with Crippen LogP contribution in [0.25, 0.3) is 0 Å². The zero-order valence-corrected chi connectivity index (χ0v) is 16.9. The molecule has 30 heavy (non-hydrogen) atoms. The summed E-state index contributed by atoms with van der Waals surface area (Å²) in [6.45, 7) is 5.48. The van der Waals surface area contributed by atoms with Crippen LogP contribution in [0.5, 0.6) is 11.5 Å². The van der Waals surface area contributed by atoms with Crippen molar-refractivity contribution in [3.05, 3.63) is 53.6 Å². The third-order valence-electron chi connectivity index (χ3n) is 5.41. The molecule has 158 valence electrons. The minimum absolute atomic E-state index is 0.0282. The maximum absolute atomic E-state index is 12.4. The lowest BCUT2D eigenvalue weighted by Crippen LogP contribution is -3.15. The zero-order chi connectivity index (χ0) is 20.9. The maximum atomic E-state index is 12.4. The number of aryl methyl sites for hydroxylation is 1. The first-order valence-electron chi connectivity index (χ1n) is 10.1. The lowest BCUT2D eigenvalue weighted by Gasteiger charge is -2.32. The van der Waals surface area contributed by atoms with E-state index in [-0.39, 0.29) is 12.8 Å². The first-order valence-corrected chi connectivity index (χ1v) is 10.1. The number of anilines is 1. The molecular formula is C22H26N3O5+. The van der Waals surface area contributed by atoms with Crippen LogP contribution in [0.3, 0.4) is 0 Å². The van der Waals surface area contributed by atoms with Crippen LogP contribution < -0.4 is 25.0 Å². The van der Waals surface area contributed by atoms with Gasteiger partial charge in [0.1, 0.15) is 19.1 Å². The van der Waals surface area contributed by atoms with Crippen LogP contribution >= 0.6 is 0 Å². The van der Waals surface area contributed by atoms with E-state index in [0.29, 0.717) is 31.2 Å². The molecule has 4 rings (SSSR count). The van der Waals surface area contributed by atoms with Gasteiger partial charge in [-0.3, -0.25) is 9.59 Å². The van der Waals surface area contributed by atoms with E-state index in [1.54, 1.807) is 12.1 Å². The van der Waals surface area contributed by atoms with Gasteiger partial charge in [-0.05, 0) is 37.3 Å². The van der Waals surface area contributed by atoms with E-state index in [2.05, 4.69) is 10.6 Å². The Kier molecular flexibility index (Phi) is 6.15. The van der Waals surface area contributed by atoms with Crippen molar-refractivity contribution in [2.75, 3.05) is 45.0 Å². The van der Waals surface area contributed by atoms with E-state index in [1.807, 2.05) is 37.3 Å². The number of carbonyl (C=O) groups excluding carboxylic acids is 2. The van der Waals surface area contributed by atoms with E-state index in [1.165, 1.54) is 4.90 Å². The number of rotatable bonds is 5. The molecule has 3 N–H and O–H groups in total. The first kappa shape index (κ1) is 20.2. The Labute approximate surface area is 175 Å². The van der Waals surface area contributed by atoms with Gasteiger partial charge in [-0.15, -0.1) is 0 Å². The molecule has 0 spiro atoms. The topological polar surface area (TPSA) is 90.3 Å². The average molecular weight is 412 g/mol. The van der Waals surface area contributed by atoms with E-state index in [0.717, 1.165) is 30.0 Å². The van der Waals surface area contributed by atoms with Crippen molar-refractivity contribution in [1.29, 1.82) is 0 Å². The van der Waals surface area contributed by atoms with Crippen LogP contribution in [0.1, 0.15) is 17.2 Å². The Balaban J connectivity index is 1.43. The van der Waals surface area contributed by atoms with E-state index in [4.69, 9.17) is 14.2 Å². The fraction of sp³-hybridized carbons (Fsp3) is 0.364. The largest absolute Gasteiger partial charge is 0.454 e. The van der Waals surface area contributed by atoms with Crippen molar-refractivity contribution < 1.29 is 28.7 Å². The molecule has 0 aliphatic carbocycles. The highest BCUT2D eigenvalue weighted by atomic mass is 16.7. The predicted molar refractivity (Wildman–Crippen MR) is 110 cm³/mol. The molecule has 2 aliphatic heterocycles. The summed E-state index contributed by atoms with van der Waals surface area (Å²) in [5.74, 6) is 0.0823. The highest BCUT2D eigenvalue weighted by molar-refractivity contribution is 6.39. The molecule has 0 saturated carbocycles. The van der Waals surface area contributed by atoms with Crippen molar-refractivity contribution in [3.63, 3.8) is 0 Å². The molecule has 8 heteroatoms. The molecule has 1 fully saturated rings. The summed E-state index contributed by atoms with van der Waals surface area (Å²) in [6, 6.07) is 13.1. The number of hydrogen-bond donors (Lipinski definition) is 3. The van der Waals surface area contributed by atoms with E-state index in [9.17, 15) is 9.59 Å². The van der Waals surface area contributed by atoms with Crippen LogP contribution in [0.15, 0.2) is 42.5 Å². The summed E-state index contributed by atoms with van der Waals surface area (Å²) in [5.41, 5.74) is 2.69. The van der Waals surface area contributed by atoms with Crippen molar-refractivity contribution >= 4 is 17.5 Å². The van der Waals surface area contributed by atoms with Gasteiger partial charge in [-0.1, -0.05) is 17.7 Å². The van der Waals surface area contributed by atoms with Gasteiger partial charge in [0.2, 0.25) is 6.79 Å². The number of morpholine rings is 1. The number of benzene rings is 2. The standard InChI is InChI=1S/C22H25N3O5/c1-15-2-5-17(6-3-15)24-22(27)21(26)23-13-18(25-8-10-28-11-9-25)16-4-7-19-20(12-16)30-14-29-19/h2-7,12,18H,8-11,13-14H2,1H3,(H,23,26)(H,24,27)/p+1/t18-/m1/s1. The number of hydrogen-bond acceptors (Lipinski definition) is 5. The summed E-state index contributed by atoms with van der Waals surface area (Å²) in [4.78, 5) is 26.0. The molecule has 2 aromatic rings. The second-order valence-corrected chi connectivity index (χ2v) is 7.47. The number of amides is 2. The van der Waals surface area contributed by atoms with Gasteiger partial charge in [0.05, 0.1) is 19.8 Å². The molecule has 8 nitrogen and oxygen atoms in total. The van der Waals surface area contributed by atoms with Crippen molar-refractivity contribution in [1.82, 2.24) is 5.32 Å². The van der Waals surface area contributed by atoms with Gasteiger partial charge in [0.15, 0.2) is 11.5 Å². The van der Waals surface area contributed by atoms with Gasteiger partial charge < -0.3 is 29.7 Å². The fourth-order valence-electron chi connectivity index (χ4n) is 3.71. The van der Waals surface area contributed by atoms with Crippen LogP contribution in [0.4, 0.5) is 5.69 Å². The molecule has 1 saturated heterocycles. The SMILES string of the molecule is Cc1ccc(NC(=O)C(=O)NC[C@H](c2ccc3c(c2)OCO3)[NH+]2CCOCC2)cc1. The smallest absolute Gasteiger partial charge is 0.313 e. The fourth-order valence-corrected chi connectivity index (χ4v) is 3.71. The predicted octanol–water partition coefficient (Wildman–Crippen LogP) is 0.435. The highest BCUT2D eigenvalue weighted by Crippen LogP contribution is 2.33. The van der Waals surface area contributed by atoms with Gasteiger partial charge in [-0.2, -0.15) is 0 Å². The van der Waals surface area contributed by atoms with Crippen LogP contribution in [0, 0.1) is 6.92 Å². The third kappa shape index (κ3) is 4.72. The first-order chi connectivity index (χ1) is 14.6. The second kappa shape index (κ2) is 9.15. The van der Waals surface area contributed by atoms with E-state index >= 15 is 0 Å². The molecule has 0 aromatic heterocycles. The summed E-state index contributed by atoms with van der Waals surface area (Å²) >= 11 is 0. The number of quaternary nitrogens is 1. The van der Waals surface area contributed by atoms with Crippen LogP contribution in [-0.2, 0) is 14.3 Å². The van der Waals surface area contributed by atoms with Gasteiger partial charge in [0, 0.05) is 11.3 Å². The summed E-state index contributed by atoms with van der Waals surface area (Å²) in [7, 11) is 0. The zero-order valence-electron chi connectivity index (χ0n) is 16.9. The van der Waals surface area contributed by atoms with Crippen LogP contribution in [0.2, 0.25) is 0 Å². The van der Waals surface area contributed by atoms with Crippen molar-refractivity contribution in [2.45, 2.75) is 13.0 Å². The quantitative estimate of drug-likeness (QED) is 0.620. The third-order valence-corrected chi connectivity index (χ3v) is 5.41. The summed E-state index contributed by atoms with van der Waals surface area (Å²) in [5, 5.41) is 5.42. The lowest BCUT2D eigenvalue weighted by atomic mass is 10.0. The van der Waals surface area contributed by atoms with E-state index < -0.39 is 11.8 Å². The van der Waals surface area contributed by atoms with Gasteiger partial charge >= 0.3 is 11.8 Å². The van der Waals surface area contributed by atoms with Gasteiger partial charge in [-0.25, -0.2) is 0 Å². The van der Waals surface area contributed by atoms with Crippen molar-refractivity contribution in [2.24, 2.45) is 0 Å². The monoisotopic (exact) mass is 412 g/mol.